The van der Waals surface area contributed by atoms with Gasteiger partial charge in [-0.3, -0.25) is 0 Å². The van der Waals surface area contributed by atoms with Gasteiger partial charge in [0, 0.05) is 38.5 Å². The number of furan rings is 1. The van der Waals surface area contributed by atoms with Crippen molar-refractivity contribution in [3.8, 4) is 44.9 Å². The first-order chi connectivity index (χ1) is 30.8. The molecule has 0 fully saturated rings. The molecule has 1 atom stereocenters. The predicted octanol–water partition coefficient (Wildman–Crippen LogP) is 16.0. The van der Waals surface area contributed by atoms with Crippen molar-refractivity contribution in [3.63, 3.8) is 0 Å². The Bertz CT molecular complexity index is 3570. The third-order valence-electron chi connectivity index (χ3n) is 13.1. The summed E-state index contributed by atoms with van der Waals surface area (Å²) in [7, 11) is 0. The van der Waals surface area contributed by atoms with Gasteiger partial charge in [-0.1, -0.05) is 188 Å². The van der Waals surface area contributed by atoms with Crippen LogP contribution in [0, 0.1) is 0 Å². The quantitative estimate of drug-likeness (QED) is 0.174. The fourth-order valence-electron chi connectivity index (χ4n) is 10.6. The monoisotopic (exact) mass is 791 g/mol. The number of anilines is 3. The van der Waals surface area contributed by atoms with Crippen molar-refractivity contribution in [1.29, 1.82) is 0 Å². The minimum Gasteiger partial charge on any atom is -0.456 e. The lowest BCUT2D eigenvalue weighted by Gasteiger charge is -2.39. The third-order valence-corrected chi connectivity index (χ3v) is 13.1. The van der Waals surface area contributed by atoms with Crippen LogP contribution >= 0.6 is 0 Å². The van der Waals surface area contributed by atoms with Gasteiger partial charge in [-0.15, -0.1) is 0 Å². The minimum absolute atomic E-state index is 0.570. The van der Waals surface area contributed by atoms with Crippen LogP contribution in [0.2, 0.25) is 0 Å². The third kappa shape index (κ3) is 4.88. The summed E-state index contributed by atoms with van der Waals surface area (Å²) in [5.74, 6) is 1.82. The highest BCUT2D eigenvalue weighted by molar-refractivity contribution is 6.11. The normalized spacial score (nSPS) is 14.6. The highest BCUT2D eigenvalue weighted by Gasteiger charge is 2.52. The van der Waals surface area contributed by atoms with Crippen molar-refractivity contribution in [2.24, 2.45) is 0 Å². The average molecular weight is 792 g/mol. The lowest BCUT2D eigenvalue weighted by molar-refractivity contribution is 0.441. The summed E-state index contributed by atoms with van der Waals surface area (Å²) < 4.78 is 13.6. The molecule has 0 bridgehead atoms. The molecule has 0 N–H and O–H groups in total. The van der Waals surface area contributed by atoms with E-state index in [2.05, 4.69) is 223 Å². The summed E-state index contributed by atoms with van der Waals surface area (Å²) >= 11 is 0. The first-order valence-electron chi connectivity index (χ1n) is 21.3. The number of hydrogen-bond acceptors (Lipinski definition) is 3. The Morgan fingerprint density at radius 3 is 1.89 bits per heavy atom. The Balaban J connectivity index is 1.02. The smallest absolute Gasteiger partial charge is 0.159 e. The molecule has 290 valence electrons. The van der Waals surface area contributed by atoms with Crippen molar-refractivity contribution in [2.75, 3.05) is 4.90 Å². The molecule has 11 aromatic rings. The van der Waals surface area contributed by atoms with Crippen LogP contribution < -0.4 is 9.64 Å². The van der Waals surface area contributed by atoms with Crippen molar-refractivity contribution >= 4 is 49.8 Å². The van der Waals surface area contributed by atoms with E-state index < -0.39 is 5.41 Å². The lowest BCUT2D eigenvalue weighted by Crippen LogP contribution is -2.32. The van der Waals surface area contributed by atoms with E-state index in [1.165, 1.54) is 33.4 Å². The first kappa shape index (κ1) is 34.7. The van der Waals surface area contributed by atoms with Crippen LogP contribution in [0.4, 0.5) is 17.1 Å². The van der Waals surface area contributed by atoms with Crippen molar-refractivity contribution in [1.82, 2.24) is 0 Å². The van der Waals surface area contributed by atoms with Crippen LogP contribution in [-0.4, -0.2) is 0 Å². The zero-order chi connectivity index (χ0) is 40.8. The lowest BCUT2D eigenvalue weighted by atomic mass is 9.65. The Morgan fingerprint density at radius 1 is 0.371 bits per heavy atom. The van der Waals surface area contributed by atoms with E-state index >= 15 is 0 Å². The molecule has 1 aliphatic carbocycles. The van der Waals surface area contributed by atoms with Crippen LogP contribution in [0.1, 0.15) is 22.3 Å². The number of para-hydroxylation sites is 4. The average Bonchev–Trinajstić information content (AvgIpc) is 3.87. The van der Waals surface area contributed by atoms with Crippen molar-refractivity contribution in [3.05, 3.63) is 247 Å². The largest absolute Gasteiger partial charge is 0.456 e. The second-order valence-electron chi connectivity index (χ2n) is 16.3. The van der Waals surface area contributed by atoms with Gasteiger partial charge in [-0.25, -0.2) is 0 Å². The van der Waals surface area contributed by atoms with E-state index in [1.807, 2.05) is 6.07 Å². The summed E-state index contributed by atoms with van der Waals surface area (Å²) in [4.78, 5) is 2.36. The number of hydrogen-bond donors (Lipinski definition) is 0. The highest BCUT2D eigenvalue weighted by atomic mass is 16.5. The van der Waals surface area contributed by atoms with Gasteiger partial charge in [0.25, 0.3) is 0 Å². The van der Waals surface area contributed by atoms with Crippen LogP contribution in [0.25, 0.3) is 66.1 Å². The van der Waals surface area contributed by atoms with E-state index in [9.17, 15) is 0 Å². The molecular weight excluding hydrogens is 755 g/mol. The first-order valence-corrected chi connectivity index (χ1v) is 21.3. The fourth-order valence-corrected chi connectivity index (χ4v) is 10.6. The highest BCUT2D eigenvalue weighted by Crippen LogP contribution is 2.64. The minimum atomic E-state index is -0.570. The molecule has 13 rings (SSSR count). The Kier molecular flexibility index (Phi) is 7.52. The number of rotatable bonds is 5. The molecule has 2 heterocycles. The molecule has 0 saturated heterocycles. The number of benzene rings is 10. The maximum Gasteiger partial charge on any atom is 0.159 e. The van der Waals surface area contributed by atoms with Gasteiger partial charge in [-0.2, -0.15) is 0 Å². The molecule has 10 aromatic carbocycles. The van der Waals surface area contributed by atoms with Gasteiger partial charge in [0.1, 0.15) is 17.1 Å². The molecule has 0 radical (unpaired) electrons. The molecule has 1 aromatic heterocycles. The standard InChI is InChI=1S/C59H37NO2/c1-2-16-38(17-3-1)42-19-7-11-28-52(42)60(53-29-15-24-46-45-21-8-12-30-54(45)61-58(46)53)41-35-32-40(33-36-41)43-23-14-27-50-56(43)47-22-6-9-25-48(47)59(50)49-26-10-13-31-55(49)62-57-44-20-5-4-18-39(44)34-37-51(57)59/h1-37H. The Morgan fingerprint density at radius 2 is 1.00 bits per heavy atom. The number of ether oxygens (including phenoxy) is 1. The van der Waals surface area contributed by atoms with Crippen molar-refractivity contribution < 1.29 is 9.15 Å². The Labute approximate surface area is 359 Å². The summed E-state index contributed by atoms with van der Waals surface area (Å²) in [6.45, 7) is 0. The fraction of sp³-hybridized carbons (Fsp3) is 0.0169. The second-order valence-corrected chi connectivity index (χ2v) is 16.3. The van der Waals surface area contributed by atoms with Crippen LogP contribution in [0.5, 0.6) is 11.5 Å². The van der Waals surface area contributed by atoms with Crippen LogP contribution in [0.15, 0.2) is 229 Å². The predicted molar refractivity (Wildman–Crippen MR) is 254 cm³/mol. The SMILES string of the molecule is c1ccc(-c2ccccc2N(c2ccc(-c3cccc4c3-c3ccccc3C43c4ccccc4Oc4c3ccc3ccccc43)cc2)c2cccc3c2oc2ccccc23)cc1. The molecule has 62 heavy (non-hydrogen) atoms. The summed E-state index contributed by atoms with van der Waals surface area (Å²) in [5, 5.41) is 4.48. The van der Waals surface area contributed by atoms with E-state index in [-0.39, 0.29) is 0 Å². The van der Waals surface area contributed by atoms with Gasteiger partial charge in [0.15, 0.2) is 5.58 Å². The molecule has 1 aliphatic heterocycles. The van der Waals surface area contributed by atoms with Gasteiger partial charge in [-0.05, 0) is 80.7 Å². The maximum absolute atomic E-state index is 6.90. The molecule has 0 amide bonds. The molecule has 1 spiro atoms. The van der Waals surface area contributed by atoms with Gasteiger partial charge < -0.3 is 14.1 Å². The van der Waals surface area contributed by atoms with Gasteiger partial charge in [0.2, 0.25) is 0 Å². The van der Waals surface area contributed by atoms with E-state index in [1.54, 1.807) is 0 Å². The summed E-state index contributed by atoms with van der Waals surface area (Å²) in [5.41, 5.74) is 16.2. The van der Waals surface area contributed by atoms with Gasteiger partial charge >= 0.3 is 0 Å². The molecule has 2 aliphatic rings. The topological polar surface area (TPSA) is 25.6 Å². The second kappa shape index (κ2) is 13.4. The molecule has 3 heteroatoms. The zero-order valence-electron chi connectivity index (χ0n) is 33.6. The Hall–Kier alpha value is -8.14. The van der Waals surface area contributed by atoms with E-state index in [4.69, 9.17) is 9.15 Å². The molecular formula is C59H37NO2. The summed E-state index contributed by atoms with van der Waals surface area (Å²) in [6.07, 6.45) is 0. The zero-order valence-corrected chi connectivity index (χ0v) is 33.6. The van der Waals surface area contributed by atoms with E-state index in [0.29, 0.717) is 0 Å². The maximum atomic E-state index is 6.90. The number of nitrogens with zero attached hydrogens (tertiary/aromatic N) is 1. The summed E-state index contributed by atoms with van der Waals surface area (Å²) in [6, 6.07) is 80.7. The molecule has 0 saturated carbocycles. The van der Waals surface area contributed by atoms with Gasteiger partial charge in [0.05, 0.1) is 16.8 Å². The van der Waals surface area contributed by atoms with E-state index in [0.717, 1.165) is 83.5 Å². The van der Waals surface area contributed by atoms with Crippen molar-refractivity contribution in [2.45, 2.75) is 5.41 Å². The van der Waals surface area contributed by atoms with Crippen LogP contribution in [0.3, 0.4) is 0 Å². The molecule has 1 unspecified atom stereocenters. The number of fused-ring (bicyclic) bond motifs is 14. The molecule has 3 nitrogen and oxygen atoms in total. The van der Waals surface area contributed by atoms with Crippen LogP contribution in [-0.2, 0) is 5.41 Å².